The summed E-state index contributed by atoms with van der Waals surface area (Å²) in [6, 6.07) is 4.52. The van der Waals surface area contributed by atoms with Crippen molar-refractivity contribution in [2.75, 3.05) is 0 Å². The Balaban J connectivity index is 2.45. The van der Waals surface area contributed by atoms with Crippen molar-refractivity contribution < 1.29 is 9.18 Å². The first-order valence-electron chi connectivity index (χ1n) is 5.99. The van der Waals surface area contributed by atoms with Gasteiger partial charge in [-0.15, -0.1) is 0 Å². The van der Waals surface area contributed by atoms with Crippen molar-refractivity contribution >= 4 is 21.8 Å². The Morgan fingerprint density at radius 2 is 2.28 bits per heavy atom. The first kappa shape index (κ1) is 15.1. The SMILES string of the molecule is CCCC(N)CC(=O)NCc1cc(Br)ccc1F. The molecule has 0 aliphatic carbocycles. The summed E-state index contributed by atoms with van der Waals surface area (Å²) in [6.45, 7) is 2.21. The molecule has 100 valence electrons. The van der Waals surface area contributed by atoms with Gasteiger partial charge in [-0.2, -0.15) is 0 Å². The maximum absolute atomic E-state index is 13.4. The second-order valence-electron chi connectivity index (χ2n) is 4.27. The highest BCUT2D eigenvalue weighted by Gasteiger charge is 2.09. The predicted octanol–water partition coefficient (Wildman–Crippen LogP) is 2.72. The monoisotopic (exact) mass is 316 g/mol. The molecule has 0 bridgehead atoms. The summed E-state index contributed by atoms with van der Waals surface area (Å²) in [5.74, 6) is -0.466. The average molecular weight is 317 g/mol. The minimum atomic E-state index is -0.323. The Kier molecular flexibility index (Phi) is 6.29. The van der Waals surface area contributed by atoms with E-state index in [4.69, 9.17) is 5.73 Å². The fourth-order valence-corrected chi connectivity index (χ4v) is 2.06. The lowest BCUT2D eigenvalue weighted by molar-refractivity contribution is -0.121. The van der Waals surface area contributed by atoms with Crippen LogP contribution in [0.15, 0.2) is 22.7 Å². The summed E-state index contributed by atoms with van der Waals surface area (Å²) in [6.07, 6.45) is 2.05. The molecule has 1 aromatic rings. The summed E-state index contributed by atoms with van der Waals surface area (Å²) >= 11 is 3.26. The molecule has 0 aromatic heterocycles. The molecule has 1 aromatic carbocycles. The summed E-state index contributed by atoms with van der Waals surface area (Å²) < 4.78 is 14.2. The van der Waals surface area contributed by atoms with E-state index in [9.17, 15) is 9.18 Å². The number of halogens is 2. The first-order valence-corrected chi connectivity index (χ1v) is 6.78. The van der Waals surface area contributed by atoms with Crippen molar-refractivity contribution in [1.82, 2.24) is 5.32 Å². The number of carbonyl (C=O) groups is 1. The quantitative estimate of drug-likeness (QED) is 0.847. The van der Waals surface area contributed by atoms with Crippen molar-refractivity contribution in [3.05, 3.63) is 34.1 Å². The highest BCUT2D eigenvalue weighted by molar-refractivity contribution is 9.10. The number of hydrogen-bond acceptors (Lipinski definition) is 2. The molecule has 0 saturated heterocycles. The Hall–Kier alpha value is -0.940. The van der Waals surface area contributed by atoms with Gasteiger partial charge in [0.15, 0.2) is 0 Å². The van der Waals surface area contributed by atoms with Crippen LogP contribution in [-0.4, -0.2) is 11.9 Å². The van der Waals surface area contributed by atoms with Crippen molar-refractivity contribution in [3.8, 4) is 0 Å². The van der Waals surface area contributed by atoms with Gasteiger partial charge in [0.05, 0.1) is 0 Å². The van der Waals surface area contributed by atoms with Gasteiger partial charge in [-0.25, -0.2) is 4.39 Å². The second-order valence-corrected chi connectivity index (χ2v) is 5.18. The van der Waals surface area contributed by atoms with Crippen molar-refractivity contribution in [2.24, 2.45) is 5.73 Å². The average Bonchev–Trinajstić information content (AvgIpc) is 2.30. The van der Waals surface area contributed by atoms with Gasteiger partial charge in [0.2, 0.25) is 5.91 Å². The molecule has 0 fully saturated rings. The molecule has 0 heterocycles. The molecular formula is C13H18BrFN2O. The highest BCUT2D eigenvalue weighted by Crippen LogP contribution is 2.15. The van der Waals surface area contributed by atoms with E-state index in [1.165, 1.54) is 6.07 Å². The van der Waals surface area contributed by atoms with E-state index < -0.39 is 0 Å². The third-order valence-corrected chi connectivity index (χ3v) is 3.08. The van der Waals surface area contributed by atoms with Crippen LogP contribution >= 0.6 is 15.9 Å². The van der Waals surface area contributed by atoms with Crippen LogP contribution in [0.5, 0.6) is 0 Å². The Bertz CT molecular complexity index is 412. The summed E-state index contributed by atoms with van der Waals surface area (Å²) in [5, 5.41) is 2.68. The van der Waals surface area contributed by atoms with Crippen LogP contribution in [0.4, 0.5) is 4.39 Å². The van der Waals surface area contributed by atoms with E-state index in [1.54, 1.807) is 12.1 Å². The van der Waals surface area contributed by atoms with Gasteiger partial charge in [0.1, 0.15) is 5.82 Å². The fourth-order valence-electron chi connectivity index (χ4n) is 1.66. The Morgan fingerprint density at radius 3 is 2.94 bits per heavy atom. The Labute approximate surface area is 115 Å². The molecule has 0 aliphatic rings. The normalized spacial score (nSPS) is 12.2. The predicted molar refractivity (Wildman–Crippen MR) is 73.4 cm³/mol. The molecule has 0 saturated carbocycles. The standard InChI is InChI=1S/C13H18BrFN2O/c1-2-3-11(16)7-13(18)17-8-9-6-10(14)4-5-12(9)15/h4-6,11H,2-3,7-8,16H2,1H3,(H,17,18). The molecule has 0 spiro atoms. The van der Waals surface area contributed by atoms with Crippen LogP contribution in [0, 0.1) is 5.82 Å². The maximum atomic E-state index is 13.4. The van der Waals surface area contributed by atoms with Gasteiger partial charge >= 0.3 is 0 Å². The van der Waals surface area contributed by atoms with Crippen LogP contribution < -0.4 is 11.1 Å². The van der Waals surface area contributed by atoms with Crippen molar-refractivity contribution in [3.63, 3.8) is 0 Å². The zero-order valence-electron chi connectivity index (χ0n) is 10.4. The first-order chi connectivity index (χ1) is 8.52. The van der Waals surface area contributed by atoms with E-state index in [2.05, 4.69) is 21.2 Å². The van der Waals surface area contributed by atoms with Crippen LogP contribution in [0.3, 0.4) is 0 Å². The van der Waals surface area contributed by atoms with Gasteiger partial charge < -0.3 is 11.1 Å². The van der Waals surface area contributed by atoms with Crippen LogP contribution in [0.1, 0.15) is 31.7 Å². The van der Waals surface area contributed by atoms with Crippen molar-refractivity contribution in [2.45, 2.75) is 38.8 Å². The smallest absolute Gasteiger partial charge is 0.221 e. The lowest BCUT2D eigenvalue weighted by atomic mass is 10.1. The third-order valence-electron chi connectivity index (χ3n) is 2.59. The number of nitrogens with one attached hydrogen (secondary N) is 1. The molecule has 5 heteroatoms. The topological polar surface area (TPSA) is 55.1 Å². The number of carbonyl (C=O) groups excluding carboxylic acids is 1. The molecule has 1 atom stereocenters. The van der Waals surface area contributed by atoms with Crippen molar-refractivity contribution in [1.29, 1.82) is 0 Å². The Morgan fingerprint density at radius 1 is 1.56 bits per heavy atom. The second kappa shape index (κ2) is 7.48. The van der Waals surface area contributed by atoms with Gasteiger partial charge in [0.25, 0.3) is 0 Å². The van der Waals surface area contributed by atoms with E-state index in [0.29, 0.717) is 5.56 Å². The van der Waals surface area contributed by atoms with E-state index in [1.807, 2.05) is 6.92 Å². The van der Waals surface area contributed by atoms with E-state index in [0.717, 1.165) is 17.3 Å². The van der Waals surface area contributed by atoms with Gasteiger partial charge in [-0.1, -0.05) is 29.3 Å². The summed E-state index contributed by atoms with van der Waals surface area (Å²) in [4.78, 5) is 11.6. The zero-order chi connectivity index (χ0) is 13.5. The van der Waals surface area contributed by atoms with E-state index >= 15 is 0 Å². The van der Waals surface area contributed by atoms with Crippen LogP contribution in [-0.2, 0) is 11.3 Å². The molecule has 3 nitrogen and oxygen atoms in total. The van der Waals surface area contributed by atoms with Gasteiger partial charge in [-0.05, 0) is 24.6 Å². The molecule has 3 N–H and O–H groups in total. The lowest BCUT2D eigenvalue weighted by Crippen LogP contribution is -2.31. The molecular weight excluding hydrogens is 299 g/mol. The zero-order valence-corrected chi connectivity index (χ0v) is 12.0. The lowest BCUT2D eigenvalue weighted by Gasteiger charge is -2.11. The summed E-state index contributed by atoms with van der Waals surface area (Å²) in [7, 11) is 0. The van der Waals surface area contributed by atoms with Crippen LogP contribution in [0.2, 0.25) is 0 Å². The number of amides is 1. The largest absolute Gasteiger partial charge is 0.352 e. The molecule has 1 unspecified atom stereocenters. The molecule has 0 radical (unpaired) electrons. The minimum Gasteiger partial charge on any atom is -0.352 e. The number of nitrogens with two attached hydrogens (primary N) is 1. The number of hydrogen-bond donors (Lipinski definition) is 2. The summed E-state index contributed by atoms with van der Waals surface area (Å²) in [5.41, 5.74) is 6.23. The number of benzene rings is 1. The van der Waals surface area contributed by atoms with Gasteiger partial charge in [0, 0.05) is 29.0 Å². The maximum Gasteiger partial charge on any atom is 0.221 e. The minimum absolute atomic E-state index is 0.123. The molecule has 1 rings (SSSR count). The van der Waals surface area contributed by atoms with Crippen LogP contribution in [0.25, 0.3) is 0 Å². The number of rotatable bonds is 6. The fraction of sp³-hybridized carbons (Fsp3) is 0.462. The highest BCUT2D eigenvalue weighted by atomic mass is 79.9. The molecule has 0 aliphatic heterocycles. The third kappa shape index (κ3) is 5.14. The van der Waals surface area contributed by atoms with E-state index in [-0.39, 0.29) is 30.7 Å². The van der Waals surface area contributed by atoms with Gasteiger partial charge in [-0.3, -0.25) is 4.79 Å². The molecule has 1 amide bonds. The molecule has 18 heavy (non-hydrogen) atoms.